The second-order valence-electron chi connectivity index (χ2n) is 5.13. The second-order valence-corrected chi connectivity index (χ2v) is 5.13. The Kier molecular flexibility index (Phi) is 4.61. The minimum atomic E-state index is 0.556. The molecule has 0 saturated carbocycles. The molecule has 1 aromatic rings. The lowest BCUT2D eigenvalue weighted by Crippen LogP contribution is -2.13. The van der Waals surface area contributed by atoms with Gasteiger partial charge in [0.2, 0.25) is 0 Å². The maximum Gasteiger partial charge on any atom is 0.125 e. The van der Waals surface area contributed by atoms with Gasteiger partial charge < -0.3 is 14.8 Å². The van der Waals surface area contributed by atoms with Crippen LogP contribution in [-0.4, -0.2) is 26.9 Å². The molecule has 1 N–H and O–H groups in total. The van der Waals surface area contributed by atoms with E-state index in [2.05, 4.69) is 31.3 Å². The van der Waals surface area contributed by atoms with E-state index in [0.717, 1.165) is 38.5 Å². The number of nitrogens with one attached hydrogen (secondary N) is 1. The third-order valence-electron chi connectivity index (χ3n) is 3.39. The van der Waals surface area contributed by atoms with E-state index >= 15 is 0 Å². The molecule has 0 amide bonds. The molecule has 0 aromatic heterocycles. The van der Waals surface area contributed by atoms with E-state index < -0.39 is 0 Å². The summed E-state index contributed by atoms with van der Waals surface area (Å²) in [6.45, 7) is 7.63. The van der Waals surface area contributed by atoms with Crippen molar-refractivity contribution in [2.45, 2.75) is 26.8 Å². The van der Waals surface area contributed by atoms with Crippen molar-refractivity contribution in [2.24, 2.45) is 5.92 Å². The molecule has 1 heterocycles. The quantitative estimate of drug-likeness (QED) is 0.869. The zero-order chi connectivity index (χ0) is 13.0. The Morgan fingerprint density at radius 3 is 2.61 bits per heavy atom. The lowest BCUT2D eigenvalue weighted by atomic mass is 10.1. The number of rotatable bonds is 5. The lowest BCUT2D eigenvalue weighted by Gasteiger charge is -2.16. The average Bonchev–Trinajstić information content (AvgIpc) is 2.81. The van der Waals surface area contributed by atoms with E-state index in [1.165, 1.54) is 16.7 Å². The van der Waals surface area contributed by atoms with Crippen molar-refractivity contribution in [1.29, 1.82) is 0 Å². The van der Waals surface area contributed by atoms with Crippen molar-refractivity contribution in [3.8, 4) is 5.75 Å². The Morgan fingerprint density at radius 1 is 1.33 bits per heavy atom. The molecule has 1 fully saturated rings. The zero-order valence-electron chi connectivity index (χ0n) is 11.6. The fraction of sp³-hybridized carbons (Fsp3) is 0.600. The van der Waals surface area contributed by atoms with Gasteiger partial charge in [-0.1, -0.05) is 12.1 Å². The normalized spacial score (nSPS) is 19.2. The maximum absolute atomic E-state index is 5.98. The fourth-order valence-electron chi connectivity index (χ4n) is 2.49. The predicted molar refractivity (Wildman–Crippen MR) is 73.1 cm³/mol. The van der Waals surface area contributed by atoms with Crippen molar-refractivity contribution in [3.05, 3.63) is 28.8 Å². The van der Waals surface area contributed by atoms with E-state index in [1.807, 2.05) is 7.05 Å². The molecule has 0 bridgehead atoms. The van der Waals surface area contributed by atoms with Crippen molar-refractivity contribution >= 4 is 0 Å². The van der Waals surface area contributed by atoms with Gasteiger partial charge >= 0.3 is 0 Å². The van der Waals surface area contributed by atoms with Crippen LogP contribution in [0.1, 0.15) is 23.1 Å². The van der Waals surface area contributed by atoms with Crippen LogP contribution in [0.15, 0.2) is 12.1 Å². The summed E-state index contributed by atoms with van der Waals surface area (Å²) >= 11 is 0. The van der Waals surface area contributed by atoms with Crippen molar-refractivity contribution in [1.82, 2.24) is 5.32 Å². The van der Waals surface area contributed by atoms with Crippen LogP contribution in [0.5, 0.6) is 5.75 Å². The first-order valence-electron chi connectivity index (χ1n) is 6.66. The van der Waals surface area contributed by atoms with Gasteiger partial charge in [-0.25, -0.2) is 0 Å². The molecule has 1 atom stereocenters. The summed E-state index contributed by atoms with van der Waals surface area (Å²) in [5.74, 6) is 1.60. The van der Waals surface area contributed by atoms with Crippen LogP contribution in [0.4, 0.5) is 0 Å². The second kappa shape index (κ2) is 6.21. The monoisotopic (exact) mass is 249 g/mol. The van der Waals surface area contributed by atoms with Crippen LogP contribution in [0.25, 0.3) is 0 Å². The fourth-order valence-corrected chi connectivity index (χ4v) is 2.49. The van der Waals surface area contributed by atoms with Crippen LogP contribution < -0.4 is 10.1 Å². The van der Waals surface area contributed by atoms with E-state index in [0.29, 0.717) is 5.92 Å². The Balaban J connectivity index is 2.02. The number of aryl methyl sites for hydroxylation is 2. The molecule has 1 aliphatic heterocycles. The summed E-state index contributed by atoms with van der Waals surface area (Å²) in [6.07, 6.45) is 1.12. The SMILES string of the molecule is CNCc1cc(C)c(OCC2CCOC2)c(C)c1. The maximum atomic E-state index is 5.98. The average molecular weight is 249 g/mol. The molecule has 3 heteroatoms. The van der Waals surface area contributed by atoms with E-state index in [9.17, 15) is 0 Å². The molecule has 1 aliphatic rings. The van der Waals surface area contributed by atoms with Gasteiger partial charge in [0.25, 0.3) is 0 Å². The van der Waals surface area contributed by atoms with Crippen molar-refractivity contribution in [2.75, 3.05) is 26.9 Å². The molecule has 18 heavy (non-hydrogen) atoms. The van der Waals surface area contributed by atoms with Gasteiger partial charge in [-0.3, -0.25) is 0 Å². The smallest absolute Gasteiger partial charge is 0.125 e. The Bertz CT molecular complexity index is 374. The van der Waals surface area contributed by atoms with Gasteiger partial charge in [-0.2, -0.15) is 0 Å². The van der Waals surface area contributed by atoms with Gasteiger partial charge in [0.05, 0.1) is 13.2 Å². The molecule has 2 rings (SSSR count). The van der Waals surface area contributed by atoms with Crippen LogP contribution >= 0.6 is 0 Å². The first kappa shape index (κ1) is 13.4. The summed E-state index contributed by atoms with van der Waals surface area (Å²) < 4.78 is 11.4. The highest BCUT2D eigenvalue weighted by molar-refractivity contribution is 5.43. The molecule has 0 aliphatic carbocycles. The van der Waals surface area contributed by atoms with Crippen molar-refractivity contribution < 1.29 is 9.47 Å². The highest BCUT2D eigenvalue weighted by Gasteiger charge is 2.17. The summed E-state index contributed by atoms with van der Waals surface area (Å²) in [5, 5.41) is 3.18. The van der Waals surface area contributed by atoms with Crippen LogP contribution in [0.3, 0.4) is 0 Å². The molecule has 0 radical (unpaired) electrons. The van der Waals surface area contributed by atoms with Gasteiger partial charge in [0.15, 0.2) is 0 Å². The number of benzene rings is 1. The highest BCUT2D eigenvalue weighted by Crippen LogP contribution is 2.26. The highest BCUT2D eigenvalue weighted by atomic mass is 16.5. The van der Waals surface area contributed by atoms with E-state index in [1.54, 1.807) is 0 Å². The van der Waals surface area contributed by atoms with Gasteiger partial charge in [0.1, 0.15) is 5.75 Å². The lowest BCUT2D eigenvalue weighted by molar-refractivity contribution is 0.166. The number of ether oxygens (including phenoxy) is 2. The first-order chi connectivity index (χ1) is 8.70. The third kappa shape index (κ3) is 3.24. The zero-order valence-corrected chi connectivity index (χ0v) is 11.6. The largest absolute Gasteiger partial charge is 0.493 e. The third-order valence-corrected chi connectivity index (χ3v) is 3.39. The molecule has 1 aromatic carbocycles. The molecular weight excluding hydrogens is 226 g/mol. The van der Waals surface area contributed by atoms with Crippen molar-refractivity contribution in [3.63, 3.8) is 0 Å². The predicted octanol–water partition coefficient (Wildman–Crippen LogP) is 2.44. The van der Waals surface area contributed by atoms with Crippen LogP contribution in [0, 0.1) is 19.8 Å². The van der Waals surface area contributed by atoms with E-state index in [-0.39, 0.29) is 0 Å². The Morgan fingerprint density at radius 2 is 2.06 bits per heavy atom. The number of hydrogen-bond acceptors (Lipinski definition) is 3. The summed E-state index contributed by atoms with van der Waals surface area (Å²) in [4.78, 5) is 0. The van der Waals surface area contributed by atoms with E-state index in [4.69, 9.17) is 9.47 Å². The van der Waals surface area contributed by atoms with Gasteiger partial charge in [-0.05, 0) is 44.0 Å². The summed E-state index contributed by atoms with van der Waals surface area (Å²) in [5.41, 5.74) is 3.75. The molecule has 1 unspecified atom stereocenters. The molecule has 1 saturated heterocycles. The standard InChI is InChI=1S/C15H23NO2/c1-11-6-14(8-16-3)7-12(2)15(11)18-10-13-4-5-17-9-13/h6-7,13,16H,4-5,8-10H2,1-3H3. The molecular formula is C15H23NO2. The van der Waals surface area contributed by atoms with Crippen LogP contribution in [0.2, 0.25) is 0 Å². The summed E-state index contributed by atoms with van der Waals surface area (Å²) in [6, 6.07) is 4.40. The first-order valence-corrected chi connectivity index (χ1v) is 6.66. The van der Waals surface area contributed by atoms with Gasteiger partial charge in [0, 0.05) is 19.1 Å². The summed E-state index contributed by atoms with van der Waals surface area (Å²) in [7, 11) is 1.97. The Labute approximate surface area is 109 Å². The molecule has 0 spiro atoms. The Hall–Kier alpha value is -1.06. The van der Waals surface area contributed by atoms with Crippen LogP contribution in [-0.2, 0) is 11.3 Å². The minimum absolute atomic E-state index is 0.556. The molecule has 3 nitrogen and oxygen atoms in total. The topological polar surface area (TPSA) is 30.5 Å². The number of hydrogen-bond donors (Lipinski definition) is 1. The minimum Gasteiger partial charge on any atom is -0.493 e. The molecule has 100 valence electrons. The van der Waals surface area contributed by atoms with Gasteiger partial charge in [-0.15, -0.1) is 0 Å².